The number of benzene rings is 1. The molecule has 2 heterocycles. The third-order valence-corrected chi connectivity index (χ3v) is 5.16. The molecule has 1 aromatic carbocycles. The number of hydrogen-bond donors (Lipinski definition) is 1. The van der Waals surface area contributed by atoms with Crippen molar-refractivity contribution in [1.82, 2.24) is 14.8 Å². The second kappa shape index (κ2) is 8.57. The van der Waals surface area contributed by atoms with Gasteiger partial charge in [-0.2, -0.15) is 0 Å². The molecule has 0 bridgehead atoms. The van der Waals surface area contributed by atoms with Gasteiger partial charge in [0.2, 0.25) is 0 Å². The van der Waals surface area contributed by atoms with Gasteiger partial charge in [0.25, 0.3) is 11.7 Å². The van der Waals surface area contributed by atoms with Crippen LogP contribution in [0.4, 0.5) is 0 Å². The summed E-state index contributed by atoms with van der Waals surface area (Å²) in [6, 6.07) is 10.4. The Morgan fingerprint density at radius 1 is 1.17 bits per heavy atom. The molecule has 0 spiro atoms. The zero-order chi connectivity index (χ0) is 21.1. The predicted octanol–water partition coefficient (Wildman–Crippen LogP) is 3.07. The van der Waals surface area contributed by atoms with E-state index in [-0.39, 0.29) is 11.3 Å². The molecule has 152 valence electrons. The number of carbonyl (C=O) groups is 2. The number of rotatable bonds is 6. The highest BCUT2D eigenvalue weighted by atomic mass is 16.3. The van der Waals surface area contributed by atoms with Crippen LogP contribution in [-0.2, 0) is 9.59 Å². The van der Waals surface area contributed by atoms with E-state index in [4.69, 9.17) is 0 Å². The summed E-state index contributed by atoms with van der Waals surface area (Å²) in [4.78, 5) is 33.8. The van der Waals surface area contributed by atoms with Crippen LogP contribution >= 0.6 is 0 Å². The van der Waals surface area contributed by atoms with Gasteiger partial charge in [0.15, 0.2) is 0 Å². The molecule has 0 radical (unpaired) electrons. The first-order valence-electron chi connectivity index (χ1n) is 9.73. The van der Waals surface area contributed by atoms with E-state index >= 15 is 0 Å². The van der Waals surface area contributed by atoms with Gasteiger partial charge in [-0.1, -0.05) is 23.8 Å². The minimum atomic E-state index is -0.696. The number of ketones is 1. The fraction of sp³-hybridized carbons (Fsp3) is 0.348. The van der Waals surface area contributed by atoms with Crippen molar-refractivity contribution in [2.75, 3.05) is 27.2 Å². The number of aliphatic hydroxyl groups is 1. The lowest BCUT2D eigenvalue weighted by Gasteiger charge is -2.25. The molecule has 1 aliphatic rings. The van der Waals surface area contributed by atoms with Crippen molar-refractivity contribution in [2.45, 2.75) is 26.3 Å². The molecule has 1 atom stereocenters. The van der Waals surface area contributed by atoms with Crippen molar-refractivity contribution in [3.05, 3.63) is 70.6 Å². The summed E-state index contributed by atoms with van der Waals surface area (Å²) < 4.78 is 0. The van der Waals surface area contributed by atoms with Crippen LogP contribution in [0.25, 0.3) is 5.76 Å². The number of aliphatic hydroxyl groups excluding tert-OH is 1. The molecule has 1 unspecified atom stereocenters. The number of carbonyl (C=O) groups excluding carboxylic acids is 2. The number of pyridine rings is 1. The van der Waals surface area contributed by atoms with Crippen LogP contribution in [0.1, 0.15) is 34.8 Å². The molecular formula is C23H27N3O3. The highest BCUT2D eigenvalue weighted by Gasteiger charge is 2.46. The Kier molecular flexibility index (Phi) is 6.13. The average Bonchev–Trinajstić information content (AvgIpc) is 2.94. The molecule has 1 fully saturated rings. The Labute approximate surface area is 171 Å². The molecule has 6 heteroatoms. The van der Waals surface area contributed by atoms with Gasteiger partial charge in [-0.15, -0.1) is 0 Å². The lowest BCUT2D eigenvalue weighted by molar-refractivity contribution is -0.140. The van der Waals surface area contributed by atoms with E-state index < -0.39 is 17.7 Å². The van der Waals surface area contributed by atoms with Crippen LogP contribution in [-0.4, -0.2) is 58.8 Å². The van der Waals surface area contributed by atoms with E-state index in [1.54, 1.807) is 18.3 Å². The van der Waals surface area contributed by atoms with Crippen molar-refractivity contribution in [3.8, 4) is 0 Å². The Bertz CT molecular complexity index is 951. The standard InChI is InChI=1S/C23H27N3O3/c1-15-9-10-16(2)17(14-15)21(27)19-20(18-8-5-6-11-24-18)26(23(29)22(19)28)13-7-12-25(3)4/h5-6,8-11,14,20,27H,7,12-13H2,1-4H3/b21-19+. The first kappa shape index (κ1) is 20.7. The number of amides is 1. The number of nitrogens with zero attached hydrogens (tertiary/aromatic N) is 3. The van der Waals surface area contributed by atoms with E-state index in [0.29, 0.717) is 24.2 Å². The molecule has 0 saturated carbocycles. The largest absolute Gasteiger partial charge is 0.507 e. The Hall–Kier alpha value is -2.99. The van der Waals surface area contributed by atoms with E-state index in [9.17, 15) is 14.7 Å². The predicted molar refractivity (Wildman–Crippen MR) is 112 cm³/mol. The minimum Gasteiger partial charge on any atom is -0.507 e. The fourth-order valence-corrected chi connectivity index (χ4v) is 3.65. The average molecular weight is 393 g/mol. The number of hydrogen-bond acceptors (Lipinski definition) is 5. The van der Waals surface area contributed by atoms with Crippen LogP contribution in [0.5, 0.6) is 0 Å². The van der Waals surface area contributed by atoms with Crippen molar-refractivity contribution in [1.29, 1.82) is 0 Å². The molecule has 1 aliphatic heterocycles. The summed E-state index contributed by atoms with van der Waals surface area (Å²) in [5.41, 5.74) is 3.05. The Morgan fingerprint density at radius 3 is 2.59 bits per heavy atom. The summed E-state index contributed by atoms with van der Waals surface area (Å²) in [5.74, 6) is -1.40. The van der Waals surface area contributed by atoms with E-state index in [2.05, 4.69) is 4.98 Å². The van der Waals surface area contributed by atoms with Gasteiger partial charge >= 0.3 is 0 Å². The van der Waals surface area contributed by atoms with E-state index in [1.807, 2.05) is 57.1 Å². The maximum atomic E-state index is 13.0. The van der Waals surface area contributed by atoms with E-state index in [1.165, 1.54) is 4.90 Å². The molecule has 0 aliphatic carbocycles. The molecular weight excluding hydrogens is 366 g/mol. The van der Waals surface area contributed by atoms with Crippen LogP contribution < -0.4 is 0 Å². The highest BCUT2D eigenvalue weighted by molar-refractivity contribution is 6.46. The zero-order valence-electron chi connectivity index (χ0n) is 17.3. The quantitative estimate of drug-likeness (QED) is 0.464. The molecule has 1 N–H and O–H groups in total. The summed E-state index contributed by atoms with van der Waals surface area (Å²) in [5, 5.41) is 11.1. The van der Waals surface area contributed by atoms with Gasteiger partial charge in [-0.05, 0) is 64.7 Å². The molecule has 2 aromatic rings. The summed E-state index contributed by atoms with van der Waals surface area (Å²) in [6.07, 6.45) is 2.35. The summed E-state index contributed by atoms with van der Waals surface area (Å²) in [7, 11) is 3.93. The third kappa shape index (κ3) is 4.22. The summed E-state index contributed by atoms with van der Waals surface area (Å²) in [6.45, 7) is 4.99. The highest BCUT2D eigenvalue weighted by Crippen LogP contribution is 2.39. The number of aromatic nitrogens is 1. The number of likely N-dealkylation sites (tertiary alicyclic amines) is 1. The lowest BCUT2D eigenvalue weighted by Crippen LogP contribution is -2.32. The van der Waals surface area contributed by atoms with Gasteiger partial charge in [0, 0.05) is 18.3 Å². The molecule has 3 rings (SSSR count). The fourth-order valence-electron chi connectivity index (χ4n) is 3.65. The third-order valence-electron chi connectivity index (χ3n) is 5.16. The minimum absolute atomic E-state index is 0.104. The van der Waals surface area contributed by atoms with Crippen molar-refractivity contribution < 1.29 is 14.7 Å². The van der Waals surface area contributed by atoms with Crippen LogP contribution in [0.15, 0.2) is 48.2 Å². The van der Waals surface area contributed by atoms with Crippen molar-refractivity contribution in [2.24, 2.45) is 0 Å². The molecule has 1 amide bonds. The number of aryl methyl sites for hydroxylation is 2. The topological polar surface area (TPSA) is 73.7 Å². The number of Topliss-reactive ketones (excluding diaryl/α,β-unsaturated/α-hetero) is 1. The van der Waals surface area contributed by atoms with Crippen LogP contribution in [0.3, 0.4) is 0 Å². The smallest absolute Gasteiger partial charge is 0.295 e. The monoisotopic (exact) mass is 393 g/mol. The zero-order valence-corrected chi connectivity index (χ0v) is 17.3. The Balaban J connectivity index is 2.12. The van der Waals surface area contributed by atoms with Gasteiger partial charge in [-0.25, -0.2) is 0 Å². The van der Waals surface area contributed by atoms with Gasteiger partial charge in [0.05, 0.1) is 11.3 Å². The van der Waals surface area contributed by atoms with Crippen LogP contribution in [0, 0.1) is 13.8 Å². The molecule has 1 aromatic heterocycles. The van der Waals surface area contributed by atoms with Crippen molar-refractivity contribution in [3.63, 3.8) is 0 Å². The maximum absolute atomic E-state index is 13.0. The molecule has 29 heavy (non-hydrogen) atoms. The molecule has 1 saturated heterocycles. The maximum Gasteiger partial charge on any atom is 0.295 e. The van der Waals surface area contributed by atoms with Crippen molar-refractivity contribution >= 4 is 17.4 Å². The lowest BCUT2D eigenvalue weighted by atomic mass is 9.95. The first-order chi connectivity index (χ1) is 13.8. The van der Waals surface area contributed by atoms with Gasteiger partial charge in [0.1, 0.15) is 11.8 Å². The molecule has 6 nitrogen and oxygen atoms in total. The van der Waals surface area contributed by atoms with E-state index in [0.717, 1.165) is 17.7 Å². The SMILES string of the molecule is Cc1ccc(C)c(/C(O)=C2\C(=O)C(=O)N(CCCN(C)C)C2c2ccccn2)c1. The second-order valence-corrected chi connectivity index (χ2v) is 7.72. The van der Waals surface area contributed by atoms with Gasteiger partial charge in [-0.3, -0.25) is 14.6 Å². The normalized spacial score (nSPS) is 18.7. The first-order valence-corrected chi connectivity index (χ1v) is 9.73. The Morgan fingerprint density at radius 2 is 1.93 bits per heavy atom. The second-order valence-electron chi connectivity index (χ2n) is 7.72. The van der Waals surface area contributed by atoms with Gasteiger partial charge < -0.3 is 14.9 Å². The van der Waals surface area contributed by atoms with Crippen LogP contribution in [0.2, 0.25) is 0 Å². The summed E-state index contributed by atoms with van der Waals surface area (Å²) >= 11 is 0.